The molecule has 2 aromatic rings. The van der Waals surface area contributed by atoms with Crippen molar-refractivity contribution in [3.8, 4) is 0 Å². The van der Waals surface area contributed by atoms with Gasteiger partial charge >= 0.3 is 12.0 Å². The van der Waals surface area contributed by atoms with E-state index >= 15 is 0 Å². The quantitative estimate of drug-likeness (QED) is 0.636. The number of hydrogen-bond acceptors (Lipinski definition) is 6. The van der Waals surface area contributed by atoms with Gasteiger partial charge in [0, 0.05) is 13.6 Å². The maximum atomic E-state index is 13.2. The molecule has 2 atom stereocenters. The number of amides is 4. The Morgan fingerprint density at radius 1 is 1.21 bits per heavy atom. The molecule has 0 bridgehead atoms. The normalized spacial score (nSPS) is 20.9. The molecule has 4 amide bonds. The van der Waals surface area contributed by atoms with Crippen LogP contribution in [0.3, 0.4) is 0 Å². The minimum atomic E-state index is -1.26. The Kier molecular flexibility index (Phi) is 6.50. The summed E-state index contributed by atoms with van der Waals surface area (Å²) in [5.41, 5.74) is 0.671. The average molecular weight is 473 g/mol. The van der Waals surface area contributed by atoms with Crippen LogP contribution in [0.5, 0.6) is 0 Å². The number of hydrazine groups is 1. The van der Waals surface area contributed by atoms with E-state index in [1.54, 1.807) is 31.3 Å². The number of benzene rings is 1. The standard InChI is InChI=1S/C22H24FN5O6/c1-25-13-19(29)27-17(9-20(30)31)21(32)26(11-16-3-2-8-34-16)12-18(27)28(25)22(33)24-10-14-4-6-15(23)7-5-14/h2-8,17-18H,9-13H2,1H3,(H,24,33)(H,30,31)/t17-,18-/m0/s1. The zero-order valence-electron chi connectivity index (χ0n) is 18.4. The molecule has 12 heteroatoms. The fraction of sp³-hybridized carbons (Fsp3) is 0.364. The first-order chi connectivity index (χ1) is 16.2. The van der Waals surface area contributed by atoms with Gasteiger partial charge in [-0.15, -0.1) is 0 Å². The molecule has 4 rings (SSSR count). The van der Waals surface area contributed by atoms with Crippen LogP contribution < -0.4 is 5.32 Å². The number of likely N-dealkylation sites (N-methyl/N-ethyl adjacent to an activating group) is 1. The summed E-state index contributed by atoms with van der Waals surface area (Å²) >= 11 is 0. The van der Waals surface area contributed by atoms with Crippen LogP contribution >= 0.6 is 0 Å². The highest BCUT2D eigenvalue weighted by Crippen LogP contribution is 2.28. The molecule has 1 aromatic carbocycles. The number of nitrogens with one attached hydrogen (secondary N) is 1. The highest BCUT2D eigenvalue weighted by molar-refractivity contribution is 5.93. The zero-order chi connectivity index (χ0) is 24.4. The van der Waals surface area contributed by atoms with Crippen LogP contribution in [0.2, 0.25) is 0 Å². The number of furan rings is 1. The lowest BCUT2D eigenvalue weighted by Gasteiger charge is -2.54. The van der Waals surface area contributed by atoms with Crippen molar-refractivity contribution >= 4 is 23.8 Å². The number of halogens is 1. The van der Waals surface area contributed by atoms with Crippen molar-refractivity contribution in [2.75, 3.05) is 20.1 Å². The third kappa shape index (κ3) is 4.71. The summed E-state index contributed by atoms with van der Waals surface area (Å²) in [6, 6.07) is 7.18. The minimum Gasteiger partial charge on any atom is -0.481 e. The van der Waals surface area contributed by atoms with Crippen molar-refractivity contribution in [3.05, 3.63) is 59.8 Å². The number of carbonyl (C=O) groups is 4. The fourth-order valence-corrected chi connectivity index (χ4v) is 4.26. The Hall–Kier alpha value is -3.93. The second-order valence-corrected chi connectivity index (χ2v) is 8.14. The van der Waals surface area contributed by atoms with Crippen molar-refractivity contribution in [2.45, 2.75) is 31.7 Å². The highest BCUT2D eigenvalue weighted by Gasteiger charge is 2.51. The number of carboxylic acids is 1. The number of hydrogen-bond donors (Lipinski definition) is 2. The Morgan fingerprint density at radius 2 is 1.94 bits per heavy atom. The summed E-state index contributed by atoms with van der Waals surface area (Å²) in [5, 5.41) is 14.9. The topological polar surface area (TPSA) is 127 Å². The molecule has 0 radical (unpaired) electrons. The Balaban J connectivity index is 1.59. The number of aliphatic carboxylic acids is 1. The Morgan fingerprint density at radius 3 is 2.59 bits per heavy atom. The van der Waals surface area contributed by atoms with E-state index < -0.39 is 48.3 Å². The van der Waals surface area contributed by atoms with Crippen molar-refractivity contribution in [2.24, 2.45) is 0 Å². The number of rotatable bonds is 6. The molecule has 0 aliphatic carbocycles. The number of urea groups is 1. The van der Waals surface area contributed by atoms with Crippen molar-refractivity contribution in [1.82, 2.24) is 25.1 Å². The number of carboxylic acid groups (broad SMARTS) is 1. The lowest BCUT2D eigenvalue weighted by atomic mass is 10.0. The van der Waals surface area contributed by atoms with Gasteiger partial charge in [0.1, 0.15) is 23.8 Å². The third-order valence-electron chi connectivity index (χ3n) is 5.80. The molecule has 180 valence electrons. The van der Waals surface area contributed by atoms with E-state index in [2.05, 4.69) is 5.32 Å². The molecule has 2 aliphatic heterocycles. The van der Waals surface area contributed by atoms with Crippen LogP contribution in [-0.4, -0.2) is 81.1 Å². The monoisotopic (exact) mass is 473 g/mol. The molecule has 2 saturated heterocycles. The van der Waals surface area contributed by atoms with Crippen LogP contribution in [0.4, 0.5) is 9.18 Å². The molecule has 0 unspecified atom stereocenters. The summed E-state index contributed by atoms with van der Waals surface area (Å²) < 4.78 is 18.5. The molecule has 1 aromatic heterocycles. The maximum Gasteiger partial charge on any atom is 0.334 e. The van der Waals surface area contributed by atoms with Crippen LogP contribution in [0.1, 0.15) is 17.7 Å². The van der Waals surface area contributed by atoms with Gasteiger partial charge in [-0.2, -0.15) is 0 Å². The number of carbonyl (C=O) groups excluding carboxylic acids is 3. The van der Waals surface area contributed by atoms with E-state index in [0.717, 1.165) is 0 Å². The molecule has 11 nitrogen and oxygen atoms in total. The summed E-state index contributed by atoms with van der Waals surface area (Å²) in [6.45, 7) is -0.0648. The van der Waals surface area contributed by atoms with Crippen molar-refractivity contribution < 1.29 is 33.1 Å². The molecular formula is C22H24FN5O6. The minimum absolute atomic E-state index is 0.0320. The van der Waals surface area contributed by atoms with Gasteiger partial charge in [-0.1, -0.05) is 12.1 Å². The summed E-state index contributed by atoms with van der Waals surface area (Å²) in [4.78, 5) is 53.3. The van der Waals surface area contributed by atoms with E-state index in [9.17, 15) is 28.7 Å². The van der Waals surface area contributed by atoms with Crippen molar-refractivity contribution in [1.29, 1.82) is 0 Å². The number of piperazine rings is 1. The van der Waals surface area contributed by atoms with E-state index in [0.29, 0.717) is 11.3 Å². The van der Waals surface area contributed by atoms with Gasteiger partial charge < -0.3 is 24.6 Å². The van der Waals surface area contributed by atoms with E-state index in [-0.39, 0.29) is 26.2 Å². The first-order valence-electron chi connectivity index (χ1n) is 10.6. The first-order valence-corrected chi connectivity index (χ1v) is 10.6. The lowest BCUT2D eigenvalue weighted by Crippen LogP contribution is -2.76. The summed E-state index contributed by atoms with van der Waals surface area (Å²) in [6.07, 6.45) is -0.0564. The van der Waals surface area contributed by atoms with Gasteiger partial charge in [0.2, 0.25) is 11.8 Å². The molecular weight excluding hydrogens is 449 g/mol. The Labute approximate surface area is 194 Å². The fourth-order valence-electron chi connectivity index (χ4n) is 4.26. The van der Waals surface area contributed by atoms with Gasteiger partial charge in [0.15, 0.2) is 0 Å². The van der Waals surface area contributed by atoms with Gasteiger partial charge in [-0.25, -0.2) is 19.2 Å². The van der Waals surface area contributed by atoms with Crippen LogP contribution in [0.15, 0.2) is 47.1 Å². The second-order valence-electron chi connectivity index (χ2n) is 8.14. The molecule has 2 fully saturated rings. The van der Waals surface area contributed by atoms with Crippen molar-refractivity contribution in [3.63, 3.8) is 0 Å². The molecule has 0 spiro atoms. The number of fused-ring (bicyclic) bond motifs is 1. The number of nitrogens with zero attached hydrogens (tertiary/aromatic N) is 4. The summed E-state index contributed by atoms with van der Waals surface area (Å²) in [7, 11) is 1.56. The zero-order valence-corrected chi connectivity index (χ0v) is 18.4. The van der Waals surface area contributed by atoms with E-state index in [1.807, 2.05) is 0 Å². The van der Waals surface area contributed by atoms with Crippen LogP contribution in [0.25, 0.3) is 0 Å². The van der Waals surface area contributed by atoms with Gasteiger partial charge in [-0.3, -0.25) is 14.4 Å². The van der Waals surface area contributed by atoms with E-state index in [1.165, 1.54) is 38.2 Å². The van der Waals surface area contributed by atoms with E-state index in [4.69, 9.17) is 4.42 Å². The van der Waals surface area contributed by atoms with Gasteiger partial charge in [0.25, 0.3) is 0 Å². The SMILES string of the molecule is CN1CC(=O)N2[C@@H](CC(=O)O)C(=O)N(Cc3ccco3)C[C@@H]2N1C(=O)NCc1ccc(F)cc1. The maximum absolute atomic E-state index is 13.2. The molecule has 3 heterocycles. The highest BCUT2D eigenvalue weighted by atomic mass is 19.1. The summed E-state index contributed by atoms with van der Waals surface area (Å²) in [5.74, 6) is -2.13. The first kappa shape index (κ1) is 23.2. The molecule has 0 saturated carbocycles. The van der Waals surface area contributed by atoms with Crippen LogP contribution in [-0.2, 0) is 27.5 Å². The van der Waals surface area contributed by atoms with Gasteiger partial charge in [0.05, 0.1) is 32.3 Å². The van der Waals surface area contributed by atoms with Gasteiger partial charge in [-0.05, 0) is 29.8 Å². The van der Waals surface area contributed by atoms with Crippen LogP contribution in [0, 0.1) is 5.82 Å². The lowest BCUT2D eigenvalue weighted by molar-refractivity contribution is -0.189. The molecule has 2 aliphatic rings. The smallest absolute Gasteiger partial charge is 0.334 e. The molecule has 34 heavy (non-hydrogen) atoms. The largest absolute Gasteiger partial charge is 0.481 e. The predicted molar refractivity (Wildman–Crippen MR) is 114 cm³/mol. The molecule has 2 N–H and O–H groups in total. The average Bonchev–Trinajstić information content (AvgIpc) is 3.29. The third-order valence-corrected chi connectivity index (χ3v) is 5.80. The predicted octanol–water partition coefficient (Wildman–Crippen LogP) is 0.831. The Bertz CT molecular complexity index is 1080. The second kappa shape index (κ2) is 9.51.